The Morgan fingerprint density at radius 2 is 1.78 bits per heavy atom. The Morgan fingerprint density at radius 3 is 2.35 bits per heavy atom. The summed E-state index contributed by atoms with van der Waals surface area (Å²) >= 11 is 0. The summed E-state index contributed by atoms with van der Waals surface area (Å²) in [6.45, 7) is 1.89. The molecule has 0 bridgehead atoms. The van der Waals surface area contributed by atoms with Gasteiger partial charge in [0.1, 0.15) is 17.4 Å². The number of hydrogen-bond acceptors (Lipinski definition) is 3. The van der Waals surface area contributed by atoms with E-state index in [1.165, 1.54) is 12.1 Å². The maximum Gasteiger partial charge on any atom is 0.258 e. The van der Waals surface area contributed by atoms with Crippen LogP contribution in [0.15, 0.2) is 53.5 Å². The van der Waals surface area contributed by atoms with Crippen molar-refractivity contribution in [3.8, 4) is 5.75 Å². The number of benzene rings is 2. The molecule has 0 saturated carbocycles. The zero-order chi connectivity index (χ0) is 16.4. The van der Waals surface area contributed by atoms with Crippen molar-refractivity contribution < 1.29 is 13.9 Å². The van der Waals surface area contributed by atoms with Crippen molar-refractivity contribution >= 4 is 11.7 Å². The minimum Gasteiger partial charge on any atom is -0.497 e. The van der Waals surface area contributed by atoms with Crippen LogP contribution in [0.2, 0.25) is 0 Å². The summed E-state index contributed by atoms with van der Waals surface area (Å²) in [5.74, 6) is 0.720. The summed E-state index contributed by atoms with van der Waals surface area (Å²) in [7, 11) is 1.60. The maximum absolute atomic E-state index is 13.2. The SMILES string of the molecule is CCC1(c2ccc(F)cc2)N=C(c2ccc(OC)cc2)NC1=O. The van der Waals surface area contributed by atoms with Crippen LogP contribution in [-0.2, 0) is 10.3 Å². The summed E-state index contributed by atoms with van der Waals surface area (Å²) in [4.78, 5) is 17.2. The molecule has 0 aliphatic carbocycles. The maximum atomic E-state index is 13.2. The lowest BCUT2D eigenvalue weighted by molar-refractivity contribution is -0.124. The van der Waals surface area contributed by atoms with Gasteiger partial charge in [-0.2, -0.15) is 0 Å². The lowest BCUT2D eigenvalue weighted by Gasteiger charge is -2.21. The zero-order valence-corrected chi connectivity index (χ0v) is 13.0. The molecule has 1 amide bonds. The number of carbonyl (C=O) groups is 1. The van der Waals surface area contributed by atoms with Gasteiger partial charge in [0.15, 0.2) is 5.54 Å². The van der Waals surface area contributed by atoms with E-state index in [0.29, 0.717) is 17.8 Å². The first-order valence-electron chi connectivity index (χ1n) is 7.41. The van der Waals surface area contributed by atoms with Crippen LogP contribution in [0.5, 0.6) is 5.75 Å². The fourth-order valence-corrected chi connectivity index (χ4v) is 2.73. The number of ether oxygens (including phenoxy) is 1. The summed E-state index contributed by atoms with van der Waals surface area (Å²) in [6.07, 6.45) is 0.490. The van der Waals surface area contributed by atoms with Crippen LogP contribution in [-0.4, -0.2) is 18.9 Å². The molecule has 0 saturated heterocycles. The Bertz CT molecular complexity index is 754. The molecular formula is C18H17FN2O2. The van der Waals surface area contributed by atoms with E-state index in [1.807, 2.05) is 31.2 Å². The minimum atomic E-state index is -1.01. The largest absolute Gasteiger partial charge is 0.497 e. The lowest BCUT2D eigenvalue weighted by Crippen LogP contribution is -2.37. The van der Waals surface area contributed by atoms with E-state index in [4.69, 9.17) is 4.74 Å². The molecule has 0 fully saturated rings. The lowest BCUT2D eigenvalue weighted by atomic mass is 9.88. The van der Waals surface area contributed by atoms with Gasteiger partial charge in [0.2, 0.25) is 0 Å². The molecule has 1 aliphatic heterocycles. The number of nitrogens with zero attached hydrogens (tertiary/aromatic N) is 1. The standard InChI is InChI=1S/C18H17FN2O2/c1-3-18(13-6-8-14(19)9-7-13)17(22)20-16(21-18)12-4-10-15(23-2)11-5-12/h4-11H,3H2,1-2H3,(H,20,21,22). The van der Waals surface area contributed by atoms with Crippen LogP contribution in [0.4, 0.5) is 4.39 Å². The van der Waals surface area contributed by atoms with Gasteiger partial charge in [-0.15, -0.1) is 0 Å². The quantitative estimate of drug-likeness (QED) is 0.943. The van der Waals surface area contributed by atoms with E-state index in [1.54, 1.807) is 19.2 Å². The Labute approximate surface area is 134 Å². The third kappa shape index (κ3) is 2.59. The Morgan fingerprint density at radius 1 is 1.13 bits per heavy atom. The zero-order valence-electron chi connectivity index (χ0n) is 13.0. The number of rotatable bonds is 4. The average molecular weight is 312 g/mol. The summed E-state index contributed by atoms with van der Waals surface area (Å²) in [5.41, 5.74) is 0.474. The number of amidine groups is 1. The summed E-state index contributed by atoms with van der Waals surface area (Å²) in [5, 5.41) is 2.84. The van der Waals surface area contributed by atoms with Gasteiger partial charge >= 0.3 is 0 Å². The molecular weight excluding hydrogens is 295 g/mol. The van der Waals surface area contributed by atoms with E-state index in [9.17, 15) is 9.18 Å². The summed E-state index contributed by atoms with van der Waals surface area (Å²) in [6, 6.07) is 13.2. The molecule has 1 N–H and O–H groups in total. The van der Waals surface area contributed by atoms with Crippen molar-refractivity contribution in [2.45, 2.75) is 18.9 Å². The van der Waals surface area contributed by atoms with Crippen molar-refractivity contribution in [1.82, 2.24) is 5.32 Å². The molecule has 4 nitrogen and oxygen atoms in total. The van der Waals surface area contributed by atoms with Crippen LogP contribution in [0.3, 0.4) is 0 Å². The number of carbonyl (C=O) groups excluding carboxylic acids is 1. The molecule has 23 heavy (non-hydrogen) atoms. The van der Waals surface area contributed by atoms with Gasteiger partial charge in [0.25, 0.3) is 5.91 Å². The van der Waals surface area contributed by atoms with Gasteiger partial charge in [0.05, 0.1) is 7.11 Å². The molecule has 0 spiro atoms. The first-order valence-corrected chi connectivity index (χ1v) is 7.41. The van der Waals surface area contributed by atoms with Crippen LogP contribution >= 0.6 is 0 Å². The van der Waals surface area contributed by atoms with Crippen molar-refractivity contribution in [3.63, 3.8) is 0 Å². The number of nitrogens with one attached hydrogen (secondary N) is 1. The van der Waals surface area contributed by atoms with Crippen LogP contribution < -0.4 is 10.1 Å². The number of amides is 1. The fraction of sp³-hybridized carbons (Fsp3) is 0.222. The van der Waals surface area contributed by atoms with Gasteiger partial charge < -0.3 is 10.1 Å². The first kappa shape index (κ1) is 15.2. The van der Waals surface area contributed by atoms with Crippen LogP contribution in [0, 0.1) is 5.82 Å². The van der Waals surface area contributed by atoms with Gasteiger partial charge in [-0.1, -0.05) is 19.1 Å². The molecule has 0 radical (unpaired) electrons. The summed E-state index contributed by atoms with van der Waals surface area (Å²) < 4.78 is 18.3. The minimum absolute atomic E-state index is 0.197. The molecule has 1 atom stereocenters. The van der Waals surface area contributed by atoms with E-state index in [2.05, 4.69) is 10.3 Å². The second kappa shape index (κ2) is 5.83. The molecule has 0 aromatic heterocycles. The Kier molecular flexibility index (Phi) is 3.86. The highest BCUT2D eigenvalue weighted by molar-refractivity contribution is 6.15. The topological polar surface area (TPSA) is 50.7 Å². The number of halogens is 1. The number of methoxy groups -OCH3 is 1. The fourth-order valence-electron chi connectivity index (χ4n) is 2.73. The predicted octanol–water partition coefficient (Wildman–Crippen LogP) is 3.02. The highest BCUT2D eigenvalue weighted by Crippen LogP contribution is 2.34. The molecule has 1 heterocycles. The monoisotopic (exact) mass is 312 g/mol. The molecule has 2 aromatic rings. The molecule has 1 unspecified atom stereocenters. The van der Waals surface area contributed by atoms with Gasteiger partial charge in [0, 0.05) is 5.56 Å². The van der Waals surface area contributed by atoms with E-state index >= 15 is 0 Å². The average Bonchev–Trinajstić information content (AvgIpc) is 2.93. The Balaban J connectivity index is 2.02. The molecule has 5 heteroatoms. The van der Waals surface area contributed by atoms with Gasteiger partial charge in [-0.25, -0.2) is 9.38 Å². The predicted molar refractivity (Wildman–Crippen MR) is 86.0 cm³/mol. The van der Waals surface area contributed by atoms with Gasteiger partial charge in [-0.3, -0.25) is 4.79 Å². The van der Waals surface area contributed by atoms with Crippen molar-refractivity contribution in [2.75, 3.05) is 7.11 Å². The van der Waals surface area contributed by atoms with Crippen molar-refractivity contribution in [1.29, 1.82) is 0 Å². The second-order valence-corrected chi connectivity index (χ2v) is 5.36. The molecule has 2 aromatic carbocycles. The third-order valence-electron chi connectivity index (χ3n) is 4.11. The van der Waals surface area contributed by atoms with Gasteiger partial charge in [-0.05, 0) is 48.4 Å². The van der Waals surface area contributed by atoms with E-state index < -0.39 is 5.54 Å². The highest BCUT2D eigenvalue weighted by Gasteiger charge is 2.43. The van der Waals surface area contributed by atoms with Crippen LogP contribution in [0.1, 0.15) is 24.5 Å². The number of aliphatic imine (C=N–C) groups is 1. The second-order valence-electron chi connectivity index (χ2n) is 5.36. The van der Waals surface area contributed by atoms with E-state index in [0.717, 1.165) is 11.3 Å². The number of hydrogen-bond donors (Lipinski definition) is 1. The smallest absolute Gasteiger partial charge is 0.258 e. The van der Waals surface area contributed by atoms with Crippen molar-refractivity contribution in [3.05, 3.63) is 65.5 Å². The molecule has 3 rings (SSSR count). The normalized spacial score (nSPS) is 20.1. The highest BCUT2D eigenvalue weighted by atomic mass is 19.1. The third-order valence-corrected chi connectivity index (χ3v) is 4.11. The Hall–Kier alpha value is -2.69. The van der Waals surface area contributed by atoms with E-state index in [-0.39, 0.29) is 11.7 Å². The molecule has 118 valence electrons. The first-order chi connectivity index (χ1) is 11.1. The van der Waals surface area contributed by atoms with Crippen molar-refractivity contribution in [2.24, 2.45) is 4.99 Å². The van der Waals surface area contributed by atoms with Crippen LogP contribution in [0.25, 0.3) is 0 Å². The molecule has 1 aliphatic rings.